The smallest absolute Gasteiger partial charge is 0.226 e. The Labute approximate surface area is 173 Å². The van der Waals surface area contributed by atoms with Gasteiger partial charge in [-0.2, -0.15) is 5.10 Å². The molecule has 2 aromatic heterocycles. The number of nitrogens with one attached hydrogen (secondary N) is 1. The molecule has 2 aromatic rings. The zero-order valence-corrected chi connectivity index (χ0v) is 17.8. The lowest BCUT2D eigenvalue weighted by Gasteiger charge is -2.36. The first-order chi connectivity index (χ1) is 14.2. The monoisotopic (exact) mass is 398 g/mol. The van der Waals surface area contributed by atoms with Crippen molar-refractivity contribution in [1.82, 2.24) is 25.0 Å². The average Bonchev–Trinajstić information content (AvgIpc) is 3.36. The highest BCUT2D eigenvalue weighted by atomic mass is 16.5. The highest BCUT2D eigenvalue weighted by Crippen LogP contribution is 2.33. The second kappa shape index (κ2) is 8.09. The second-order valence-corrected chi connectivity index (χ2v) is 9.44. The van der Waals surface area contributed by atoms with Crippen LogP contribution in [0, 0.1) is 5.92 Å². The third-order valence-electron chi connectivity index (χ3n) is 7.34. The molecule has 1 saturated carbocycles. The third-order valence-corrected chi connectivity index (χ3v) is 7.34. The van der Waals surface area contributed by atoms with Gasteiger partial charge in [0.1, 0.15) is 5.82 Å². The van der Waals surface area contributed by atoms with E-state index in [0.29, 0.717) is 18.1 Å². The van der Waals surface area contributed by atoms with Crippen LogP contribution in [0.4, 0.5) is 5.95 Å². The van der Waals surface area contributed by atoms with E-state index in [4.69, 9.17) is 4.74 Å². The van der Waals surface area contributed by atoms with E-state index < -0.39 is 0 Å². The summed E-state index contributed by atoms with van der Waals surface area (Å²) in [4.78, 5) is 2.39. The van der Waals surface area contributed by atoms with Crippen molar-refractivity contribution >= 4 is 5.95 Å². The second-order valence-electron chi connectivity index (χ2n) is 9.44. The van der Waals surface area contributed by atoms with Crippen molar-refractivity contribution in [3.8, 4) is 0 Å². The minimum absolute atomic E-state index is 0.412. The molecule has 0 spiro atoms. The first kappa shape index (κ1) is 19.1. The number of hydrogen-bond acceptors (Lipinski definition) is 5. The quantitative estimate of drug-likeness (QED) is 0.855. The molecule has 1 N–H and O–H groups in total. The zero-order valence-electron chi connectivity index (χ0n) is 17.8. The van der Waals surface area contributed by atoms with Gasteiger partial charge in [-0.05, 0) is 69.3 Å². The van der Waals surface area contributed by atoms with E-state index in [1.807, 2.05) is 6.20 Å². The van der Waals surface area contributed by atoms with Crippen LogP contribution < -0.4 is 4.90 Å². The molecule has 3 heterocycles. The minimum atomic E-state index is 0.412. The lowest BCUT2D eigenvalue weighted by atomic mass is 9.87. The van der Waals surface area contributed by atoms with Crippen LogP contribution in [0.5, 0.6) is 0 Å². The normalized spacial score (nSPS) is 28.5. The molecule has 5 rings (SSSR count). The summed E-state index contributed by atoms with van der Waals surface area (Å²) in [7, 11) is 2.13. The Hall–Kier alpha value is -1.89. The van der Waals surface area contributed by atoms with Gasteiger partial charge in [0.2, 0.25) is 5.95 Å². The number of aromatic nitrogens is 5. The molecular formula is C22H34N6O. The summed E-state index contributed by atoms with van der Waals surface area (Å²) in [5.74, 6) is 3.44. The van der Waals surface area contributed by atoms with Crippen molar-refractivity contribution in [3.63, 3.8) is 0 Å². The number of rotatable bonds is 4. The fourth-order valence-corrected chi connectivity index (χ4v) is 5.43. The summed E-state index contributed by atoms with van der Waals surface area (Å²) in [6.45, 7) is 4.39. The van der Waals surface area contributed by atoms with Gasteiger partial charge in [0.25, 0.3) is 0 Å². The maximum absolute atomic E-state index is 6.44. The van der Waals surface area contributed by atoms with Crippen LogP contribution >= 0.6 is 0 Å². The number of fused-ring (bicyclic) bond motifs is 1. The van der Waals surface area contributed by atoms with Gasteiger partial charge in [-0.3, -0.25) is 5.10 Å². The van der Waals surface area contributed by atoms with Crippen molar-refractivity contribution < 1.29 is 4.74 Å². The van der Waals surface area contributed by atoms with E-state index in [0.717, 1.165) is 62.9 Å². The molecule has 3 aliphatic rings. The van der Waals surface area contributed by atoms with Crippen molar-refractivity contribution in [2.45, 2.75) is 82.8 Å². The largest absolute Gasteiger partial charge is 0.375 e. The Bertz CT molecular complexity index is 813. The van der Waals surface area contributed by atoms with E-state index in [1.54, 1.807) is 0 Å². The standard InChI is InChI=1S/C22H34N6O/c1-15-3-6-18(7-4-15)29-19-9-11-28(12-10-19)22-26-25-21(27(22)2)16-5-8-20-17(13-16)14-23-24-20/h14-16,18-19H,3-13H2,1-2H3,(H,23,24). The van der Waals surface area contributed by atoms with Crippen molar-refractivity contribution in [1.29, 1.82) is 0 Å². The maximum Gasteiger partial charge on any atom is 0.226 e. The molecule has 1 atom stereocenters. The molecule has 1 saturated heterocycles. The SMILES string of the molecule is CC1CCC(OC2CCN(c3nnc(C4CCc5[nH]ncc5C4)n3C)CC2)CC1. The molecule has 2 aliphatic carbocycles. The molecule has 2 fully saturated rings. The Morgan fingerprint density at radius 2 is 1.76 bits per heavy atom. The van der Waals surface area contributed by atoms with Gasteiger partial charge in [0.05, 0.1) is 18.4 Å². The van der Waals surface area contributed by atoms with Crippen LogP contribution in [-0.2, 0) is 24.6 Å². The van der Waals surface area contributed by atoms with Gasteiger partial charge in [0.15, 0.2) is 0 Å². The Kier molecular flexibility index (Phi) is 5.33. The van der Waals surface area contributed by atoms with Crippen LogP contribution in [0.2, 0.25) is 0 Å². The number of piperidine rings is 1. The summed E-state index contributed by atoms with van der Waals surface area (Å²) in [6.07, 6.45) is 13.4. The predicted octanol–water partition coefficient (Wildman–Crippen LogP) is 3.37. The summed E-state index contributed by atoms with van der Waals surface area (Å²) in [6, 6.07) is 0. The number of anilines is 1. The molecule has 29 heavy (non-hydrogen) atoms. The van der Waals surface area contributed by atoms with Crippen LogP contribution in [0.1, 0.15) is 74.9 Å². The number of aryl methyl sites for hydroxylation is 1. The van der Waals surface area contributed by atoms with Gasteiger partial charge in [-0.15, -0.1) is 10.2 Å². The first-order valence-corrected chi connectivity index (χ1v) is 11.5. The molecule has 0 aromatic carbocycles. The van der Waals surface area contributed by atoms with E-state index in [-0.39, 0.29) is 0 Å². The Morgan fingerprint density at radius 1 is 1.00 bits per heavy atom. The Balaban J connectivity index is 1.18. The lowest BCUT2D eigenvalue weighted by molar-refractivity contribution is -0.0448. The van der Waals surface area contributed by atoms with Gasteiger partial charge in [-0.1, -0.05) is 6.92 Å². The van der Waals surface area contributed by atoms with Gasteiger partial charge >= 0.3 is 0 Å². The average molecular weight is 399 g/mol. The number of aromatic amines is 1. The summed E-state index contributed by atoms with van der Waals surface area (Å²) >= 11 is 0. The van der Waals surface area contributed by atoms with Crippen molar-refractivity contribution in [3.05, 3.63) is 23.3 Å². The predicted molar refractivity (Wildman–Crippen MR) is 112 cm³/mol. The summed E-state index contributed by atoms with van der Waals surface area (Å²) < 4.78 is 8.66. The van der Waals surface area contributed by atoms with E-state index in [2.05, 4.69) is 43.8 Å². The van der Waals surface area contributed by atoms with Gasteiger partial charge in [0, 0.05) is 31.7 Å². The molecule has 1 aliphatic heterocycles. The topological polar surface area (TPSA) is 71.9 Å². The van der Waals surface area contributed by atoms with Crippen LogP contribution in [0.25, 0.3) is 0 Å². The van der Waals surface area contributed by atoms with E-state index >= 15 is 0 Å². The molecular weight excluding hydrogens is 364 g/mol. The van der Waals surface area contributed by atoms with Crippen LogP contribution in [0.15, 0.2) is 6.20 Å². The summed E-state index contributed by atoms with van der Waals surface area (Å²) in [5.41, 5.74) is 2.62. The highest BCUT2D eigenvalue weighted by Gasteiger charge is 2.30. The Morgan fingerprint density at radius 3 is 2.55 bits per heavy atom. The molecule has 0 bridgehead atoms. The van der Waals surface area contributed by atoms with E-state index in [1.165, 1.54) is 36.9 Å². The van der Waals surface area contributed by atoms with E-state index in [9.17, 15) is 0 Å². The number of hydrogen-bond donors (Lipinski definition) is 1. The number of H-pyrrole nitrogens is 1. The first-order valence-electron chi connectivity index (χ1n) is 11.5. The molecule has 7 heteroatoms. The molecule has 0 radical (unpaired) electrons. The number of ether oxygens (including phenoxy) is 1. The lowest BCUT2D eigenvalue weighted by Crippen LogP contribution is -2.40. The molecule has 158 valence electrons. The third kappa shape index (κ3) is 3.93. The van der Waals surface area contributed by atoms with Crippen molar-refractivity contribution in [2.75, 3.05) is 18.0 Å². The van der Waals surface area contributed by atoms with Gasteiger partial charge < -0.3 is 14.2 Å². The minimum Gasteiger partial charge on any atom is -0.375 e. The fraction of sp³-hybridized carbons (Fsp3) is 0.773. The summed E-state index contributed by atoms with van der Waals surface area (Å²) in [5, 5.41) is 16.5. The molecule has 0 amide bonds. The highest BCUT2D eigenvalue weighted by molar-refractivity contribution is 5.33. The van der Waals surface area contributed by atoms with Crippen LogP contribution in [-0.4, -0.2) is 50.3 Å². The van der Waals surface area contributed by atoms with Crippen LogP contribution in [0.3, 0.4) is 0 Å². The molecule has 1 unspecified atom stereocenters. The number of nitrogens with zero attached hydrogens (tertiary/aromatic N) is 5. The zero-order chi connectivity index (χ0) is 19.8. The fourth-order valence-electron chi connectivity index (χ4n) is 5.43. The van der Waals surface area contributed by atoms with Crippen molar-refractivity contribution in [2.24, 2.45) is 13.0 Å². The molecule has 7 nitrogen and oxygen atoms in total. The van der Waals surface area contributed by atoms with Gasteiger partial charge in [-0.25, -0.2) is 0 Å². The maximum atomic E-state index is 6.44.